The highest BCUT2D eigenvalue weighted by Gasteiger charge is 2.39. The first-order chi connectivity index (χ1) is 8.21. The molecule has 1 heterocycles. The number of hydrogen-bond donors (Lipinski definition) is 1. The lowest BCUT2D eigenvalue weighted by Gasteiger charge is -2.38. The first-order valence-electron chi connectivity index (χ1n) is 6.10. The lowest BCUT2D eigenvalue weighted by molar-refractivity contribution is -0.147. The van der Waals surface area contributed by atoms with Gasteiger partial charge < -0.3 is 10.2 Å². The summed E-state index contributed by atoms with van der Waals surface area (Å²) < 4.78 is 11.0. The fourth-order valence-corrected chi connectivity index (χ4v) is 2.47. The summed E-state index contributed by atoms with van der Waals surface area (Å²) in [6, 6.07) is -0.467. The molecule has 6 heteroatoms. The maximum Gasteiger partial charge on any atom is 0.246 e. The average molecular weight is 274 g/mol. The van der Waals surface area contributed by atoms with Crippen LogP contribution in [0.3, 0.4) is 0 Å². The Balaban J connectivity index is 2.65. The summed E-state index contributed by atoms with van der Waals surface area (Å²) in [5.41, 5.74) is -0.293. The molecule has 0 spiro atoms. The second kappa shape index (κ2) is 5.82. The predicted octanol–water partition coefficient (Wildman–Crippen LogP) is 0.128. The van der Waals surface area contributed by atoms with Crippen LogP contribution in [0.4, 0.5) is 0 Å². The second-order valence-corrected chi connectivity index (χ2v) is 7.31. The number of carbonyl (C=O) groups excluding carboxylic acids is 2. The van der Waals surface area contributed by atoms with E-state index < -0.39 is 16.8 Å². The molecule has 1 fully saturated rings. The third kappa shape index (κ3) is 4.08. The molecule has 1 aliphatic heterocycles. The van der Waals surface area contributed by atoms with Crippen molar-refractivity contribution >= 4 is 22.6 Å². The smallest absolute Gasteiger partial charge is 0.246 e. The van der Waals surface area contributed by atoms with Gasteiger partial charge in [0.25, 0.3) is 0 Å². The second-order valence-electron chi connectivity index (χ2n) is 5.76. The fourth-order valence-electron chi connectivity index (χ4n) is 1.94. The molecule has 1 rings (SSSR count). The van der Waals surface area contributed by atoms with Crippen molar-refractivity contribution in [2.75, 3.05) is 25.1 Å². The van der Waals surface area contributed by atoms with E-state index in [9.17, 15) is 13.8 Å². The molecular formula is C12H22N2O3S. The SMILES string of the molecule is CS(=O)CCCN1CC(=O)NC(C(C)(C)C)C1=O. The molecule has 104 valence electrons. The number of nitrogens with one attached hydrogen (secondary N) is 1. The van der Waals surface area contributed by atoms with E-state index in [0.717, 1.165) is 0 Å². The number of rotatable bonds is 4. The van der Waals surface area contributed by atoms with Gasteiger partial charge in [0.1, 0.15) is 6.04 Å². The van der Waals surface area contributed by atoms with Gasteiger partial charge in [0.05, 0.1) is 6.54 Å². The molecular weight excluding hydrogens is 252 g/mol. The summed E-state index contributed by atoms with van der Waals surface area (Å²) >= 11 is 0. The molecule has 0 aromatic carbocycles. The van der Waals surface area contributed by atoms with Crippen molar-refractivity contribution in [3.8, 4) is 0 Å². The number of piperazine rings is 1. The quantitative estimate of drug-likeness (QED) is 0.792. The zero-order valence-corrected chi connectivity index (χ0v) is 12.3. The fraction of sp³-hybridized carbons (Fsp3) is 0.833. The summed E-state index contributed by atoms with van der Waals surface area (Å²) in [5, 5.41) is 2.75. The highest BCUT2D eigenvalue weighted by atomic mass is 32.2. The number of nitrogens with zero attached hydrogens (tertiary/aromatic N) is 1. The first-order valence-corrected chi connectivity index (χ1v) is 7.82. The van der Waals surface area contributed by atoms with Gasteiger partial charge in [-0.15, -0.1) is 0 Å². The van der Waals surface area contributed by atoms with Crippen LogP contribution in [0, 0.1) is 5.41 Å². The summed E-state index contributed by atoms with van der Waals surface area (Å²) in [5.74, 6) is 0.405. The van der Waals surface area contributed by atoms with Crippen LogP contribution < -0.4 is 5.32 Å². The van der Waals surface area contributed by atoms with Gasteiger partial charge in [-0.25, -0.2) is 0 Å². The van der Waals surface area contributed by atoms with Crippen LogP contribution in [0.5, 0.6) is 0 Å². The molecule has 0 aromatic rings. The minimum absolute atomic E-state index is 0.0380. The molecule has 2 unspecified atom stereocenters. The van der Waals surface area contributed by atoms with Gasteiger partial charge in [-0.2, -0.15) is 0 Å². The third-order valence-electron chi connectivity index (χ3n) is 2.92. The molecule has 0 bridgehead atoms. The lowest BCUT2D eigenvalue weighted by Crippen LogP contribution is -2.62. The van der Waals surface area contributed by atoms with Crippen LogP contribution in [-0.4, -0.2) is 52.1 Å². The van der Waals surface area contributed by atoms with Crippen LogP contribution in [-0.2, 0) is 20.4 Å². The summed E-state index contributed by atoms with van der Waals surface area (Å²) in [4.78, 5) is 25.4. The lowest BCUT2D eigenvalue weighted by atomic mass is 9.85. The highest BCUT2D eigenvalue weighted by molar-refractivity contribution is 7.84. The normalized spacial score (nSPS) is 22.9. The van der Waals surface area contributed by atoms with Gasteiger partial charge in [0.2, 0.25) is 11.8 Å². The minimum Gasteiger partial charge on any atom is -0.342 e. The molecule has 1 aliphatic rings. The Morgan fingerprint density at radius 2 is 2.00 bits per heavy atom. The molecule has 2 amide bonds. The Morgan fingerprint density at radius 3 is 2.50 bits per heavy atom. The summed E-state index contributed by atoms with van der Waals surface area (Å²) in [7, 11) is -0.854. The Hall–Kier alpha value is -0.910. The first kappa shape index (κ1) is 15.1. The van der Waals surface area contributed by atoms with Crippen LogP contribution in [0.25, 0.3) is 0 Å². The molecule has 1 N–H and O–H groups in total. The van der Waals surface area contributed by atoms with Crippen molar-refractivity contribution in [1.82, 2.24) is 10.2 Å². The largest absolute Gasteiger partial charge is 0.342 e. The van der Waals surface area contributed by atoms with Gasteiger partial charge >= 0.3 is 0 Å². The molecule has 1 saturated heterocycles. The molecule has 0 aliphatic carbocycles. The van der Waals surface area contributed by atoms with Crippen LogP contribution in [0.2, 0.25) is 0 Å². The van der Waals surface area contributed by atoms with E-state index in [1.165, 1.54) is 0 Å². The van der Waals surface area contributed by atoms with E-state index in [0.29, 0.717) is 18.7 Å². The maximum absolute atomic E-state index is 12.2. The van der Waals surface area contributed by atoms with Gasteiger partial charge in [-0.1, -0.05) is 20.8 Å². The number of hydrogen-bond acceptors (Lipinski definition) is 3. The molecule has 0 saturated carbocycles. The maximum atomic E-state index is 12.2. The Kier molecular flexibility index (Phi) is 4.90. The Labute approximate surface area is 111 Å². The third-order valence-corrected chi connectivity index (χ3v) is 3.79. The number of amides is 2. The summed E-state index contributed by atoms with van der Waals surface area (Å²) in [6.45, 7) is 6.40. The van der Waals surface area contributed by atoms with Crippen LogP contribution in [0.1, 0.15) is 27.2 Å². The minimum atomic E-state index is -0.854. The Bertz CT molecular complexity index is 363. The van der Waals surface area contributed by atoms with E-state index in [4.69, 9.17) is 0 Å². The topological polar surface area (TPSA) is 66.5 Å². The van der Waals surface area contributed by atoms with Crippen LogP contribution >= 0.6 is 0 Å². The summed E-state index contributed by atoms with van der Waals surface area (Å²) in [6.07, 6.45) is 2.31. The van der Waals surface area contributed by atoms with Crippen molar-refractivity contribution in [2.45, 2.75) is 33.2 Å². The van der Waals surface area contributed by atoms with Gasteiger partial charge in [-0.05, 0) is 11.8 Å². The molecule has 5 nitrogen and oxygen atoms in total. The van der Waals surface area contributed by atoms with Gasteiger partial charge in [-0.3, -0.25) is 13.8 Å². The van der Waals surface area contributed by atoms with E-state index >= 15 is 0 Å². The number of carbonyl (C=O) groups is 2. The van der Waals surface area contributed by atoms with Crippen molar-refractivity contribution in [2.24, 2.45) is 5.41 Å². The van der Waals surface area contributed by atoms with Crippen molar-refractivity contribution in [3.05, 3.63) is 0 Å². The molecule has 18 heavy (non-hydrogen) atoms. The zero-order chi connectivity index (χ0) is 13.9. The Morgan fingerprint density at radius 1 is 1.39 bits per heavy atom. The van der Waals surface area contributed by atoms with E-state index in [1.54, 1.807) is 11.2 Å². The van der Waals surface area contributed by atoms with Crippen LogP contribution in [0.15, 0.2) is 0 Å². The van der Waals surface area contributed by atoms with Crippen molar-refractivity contribution < 1.29 is 13.8 Å². The standard InChI is InChI=1S/C12H22N2O3S/c1-12(2,3)10-11(16)14(8-9(15)13-10)6-5-7-18(4)17/h10H,5-8H2,1-4H3,(H,13,15). The van der Waals surface area contributed by atoms with E-state index in [2.05, 4.69) is 5.32 Å². The monoisotopic (exact) mass is 274 g/mol. The predicted molar refractivity (Wildman–Crippen MR) is 71.5 cm³/mol. The van der Waals surface area contributed by atoms with E-state index in [1.807, 2.05) is 20.8 Å². The van der Waals surface area contributed by atoms with Gasteiger partial charge in [0.15, 0.2) is 0 Å². The highest BCUT2D eigenvalue weighted by Crippen LogP contribution is 2.23. The molecule has 0 aromatic heterocycles. The molecule has 0 radical (unpaired) electrons. The van der Waals surface area contributed by atoms with E-state index in [-0.39, 0.29) is 23.8 Å². The average Bonchev–Trinajstić information content (AvgIpc) is 2.20. The van der Waals surface area contributed by atoms with Crippen molar-refractivity contribution in [3.63, 3.8) is 0 Å². The zero-order valence-electron chi connectivity index (χ0n) is 11.5. The molecule has 2 atom stereocenters. The van der Waals surface area contributed by atoms with Crippen molar-refractivity contribution in [1.29, 1.82) is 0 Å². The van der Waals surface area contributed by atoms with Gasteiger partial charge in [0, 0.05) is 29.4 Å².